The minimum absolute atomic E-state index is 0.0208. The molecular formula is C13H13NO5S. The molecule has 6 nitrogen and oxygen atoms in total. The molecule has 0 aliphatic heterocycles. The van der Waals surface area contributed by atoms with Crippen LogP contribution in [0.25, 0.3) is 0 Å². The van der Waals surface area contributed by atoms with Crippen LogP contribution in [-0.4, -0.2) is 27.6 Å². The van der Waals surface area contributed by atoms with E-state index in [0.29, 0.717) is 0 Å². The van der Waals surface area contributed by atoms with E-state index in [2.05, 4.69) is 4.74 Å². The van der Waals surface area contributed by atoms with Gasteiger partial charge in [-0.1, -0.05) is 18.2 Å². The van der Waals surface area contributed by atoms with Crippen LogP contribution in [0.15, 0.2) is 46.4 Å². The molecule has 0 aromatic heterocycles. The van der Waals surface area contributed by atoms with Crippen LogP contribution in [0.2, 0.25) is 0 Å². The molecule has 0 unspecified atom stereocenters. The Bertz CT molecular complexity index is 628. The maximum absolute atomic E-state index is 12.1. The summed E-state index contributed by atoms with van der Waals surface area (Å²) in [6.07, 6.45) is 0.749. The van der Waals surface area contributed by atoms with E-state index in [4.69, 9.17) is 10.00 Å². The molecule has 0 aliphatic rings. The zero-order valence-electron chi connectivity index (χ0n) is 10.8. The lowest BCUT2D eigenvalue weighted by atomic mass is 10.4. The first-order valence-corrected chi connectivity index (χ1v) is 7.18. The predicted molar refractivity (Wildman–Crippen MR) is 69.9 cm³/mol. The Morgan fingerprint density at radius 3 is 2.55 bits per heavy atom. The summed E-state index contributed by atoms with van der Waals surface area (Å²) in [5.74, 6) is -0.641. The number of carbonyl (C=O) groups excluding carboxylic acids is 1. The molecular weight excluding hydrogens is 282 g/mol. The molecule has 0 amide bonds. The van der Waals surface area contributed by atoms with Crippen molar-refractivity contribution in [2.45, 2.75) is 11.8 Å². The van der Waals surface area contributed by atoms with Crippen molar-refractivity contribution in [3.8, 4) is 6.07 Å². The van der Waals surface area contributed by atoms with Crippen molar-refractivity contribution >= 4 is 15.8 Å². The summed E-state index contributed by atoms with van der Waals surface area (Å²) in [7, 11) is -3.94. The average Bonchev–Trinajstić information content (AvgIpc) is 2.44. The SMILES string of the molecule is CCOC(=O)CO/C=C(\C#N)S(=O)(=O)c1ccccc1. The monoisotopic (exact) mass is 295 g/mol. The van der Waals surface area contributed by atoms with Gasteiger partial charge in [-0.25, -0.2) is 13.2 Å². The molecule has 1 aromatic rings. The van der Waals surface area contributed by atoms with Crippen LogP contribution >= 0.6 is 0 Å². The van der Waals surface area contributed by atoms with E-state index in [0.717, 1.165) is 6.26 Å². The summed E-state index contributed by atoms with van der Waals surface area (Å²) in [4.78, 5) is 10.4. The van der Waals surface area contributed by atoms with Gasteiger partial charge in [0.15, 0.2) is 11.5 Å². The van der Waals surface area contributed by atoms with Gasteiger partial charge in [-0.3, -0.25) is 0 Å². The van der Waals surface area contributed by atoms with Gasteiger partial charge < -0.3 is 9.47 Å². The first-order chi connectivity index (χ1) is 9.52. The number of carbonyl (C=O) groups is 1. The highest BCUT2D eigenvalue weighted by Gasteiger charge is 2.21. The molecule has 0 aliphatic carbocycles. The molecule has 0 bridgehead atoms. The number of esters is 1. The maximum atomic E-state index is 12.1. The summed E-state index contributed by atoms with van der Waals surface area (Å²) in [6.45, 7) is 1.37. The van der Waals surface area contributed by atoms with Crippen LogP contribution < -0.4 is 0 Å². The molecule has 0 spiro atoms. The molecule has 20 heavy (non-hydrogen) atoms. The van der Waals surface area contributed by atoms with Crippen LogP contribution in [-0.2, 0) is 24.1 Å². The van der Waals surface area contributed by atoms with Crippen molar-refractivity contribution in [2.24, 2.45) is 0 Å². The summed E-state index contributed by atoms with van der Waals surface area (Å²) >= 11 is 0. The number of nitriles is 1. The number of hydrogen-bond acceptors (Lipinski definition) is 6. The molecule has 0 fully saturated rings. The topological polar surface area (TPSA) is 93.5 Å². The van der Waals surface area contributed by atoms with Gasteiger partial charge >= 0.3 is 5.97 Å². The van der Waals surface area contributed by atoms with Gasteiger partial charge in [0.1, 0.15) is 12.3 Å². The van der Waals surface area contributed by atoms with Crippen molar-refractivity contribution < 1.29 is 22.7 Å². The fourth-order valence-electron chi connectivity index (χ4n) is 1.26. The number of allylic oxidation sites excluding steroid dienone is 1. The lowest BCUT2D eigenvalue weighted by Crippen LogP contribution is -2.11. The summed E-state index contributed by atoms with van der Waals surface area (Å²) in [6, 6.07) is 9.02. The molecule has 1 rings (SSSR count). The third kappa shape index (κ3) is 4.10. The second kappa shape index (κ2) is 7.31. The first kappa shape index (κ1) is 15.7. The largest absolute Gasteiger partial charge is 0.487 e. The van der Waals surface area contributed by atoms with Gasteiger partial charge in [0.05, 0.1) is 11.5 Å². The fraction of sp³-hybridized carbons (Fsp3) is 0.231. The molecule has 0 N–H and O–H groups in total. The van der Waals surface area contributed by atoms with Gasteiger partial charge in [0.2, 0.25) is 9.84 Å². The Labute approximate surface area is 117 Å². The number of sulfone groups is 1. The standard InChI is InChI=1S/C13H13NO5S/c1-2-19-13(15)10-18-9-12(8-14)20(16,17)11-6-4-3-5-7-11/h3-7,9H,2,10H2,1H3/b12-9+. The van der Waals surface area contributed by atoms with Gasteiger partial charge in [-0.05, 0) is 19.1 Å². The molecule has 1 aromatic carbocycles. The molecule has 0 radical (unpaired) electrons. The van der Waals surface area contributed by atoms with Crippen molar-refractivity contribution in [1.82, 2.24) is 0 Å². The lowest BCUT2D eigenvalue weighted by molar-refractivity contribution is -0.146. The zero-order valence-corrected chi connectivity index (χ0v) is 11.6. The second-order valence-corrected chi connectivity index (χ2v) is 5.44. The Morgan fingerprint density at radius 2 is 2.00 bits per heavy atom. The van der Waals surface area contributed by atoms with E-state index < -0.39 is 27.3 Å². The second-order valence-electron chi connectivity index (χ2n) is 3.53. The van der Waals surface area contributed by atoms with E-state index in [-0.39, 0.29) is 11.5 Å². The molecule has 0 heterocycles. The summed E-state index contributed by atoms with van der Waals surface area (Å²) < 4.78 is 33.5. The molecule has 0 atom stereocenters. The van der Waals surface area contributed by atoms with Crippen molar-refractivity contribution in [3.63, 3.8) is 0 Å². The van der Waals surface area contributed by atoms with Crippen molar-refractivity contribution in [2.75, 3.05) is 13.2 Å². The highest BCUT2D eigenvalue weighted by Crippen LogP contribution is 2.18. The van der Waals surface area contributed by atoms with Crippen LogP contribution in [0.3, 0.4) is 0 Å². The molecule has 106 valence electrons. The first-order valence-electron chi connectivity index (χ1n) is 5.70. The minimum atomic E-state index is -3.94. The number of ether oxygens (including phenoxy) is 2. The van der Waals surface area contributed by atoms with E-state index in [1.807, 2.05) is 0 Å². The highest BCUT2D eigenvalue weighted by atomic mass is 32.2. The Morgan fingerprint density at radius 1 is 1.35 bits per heavy atom. The quantitative estimate of drug-likeness (QED) is 0.447. The lowest BCUT2D eigenvalue weighted by Gasteiger charge is -2.04. The minimum Gasteiger partial charge on any atom is -0.487 e. The third-order valence-corrected chi connectivity index (χ3v) is 3.81. The van der Waals surface area contributed by atoms with Crippen LogP contribution in [0.1, 0.15) is 6.92 Å². The zero-order chi connectivity index (χ0) is 15.0. The van der Waals surface area contributed by atoms with Crippen LogP contribution in [0.5, 0.6) is 0 Å². The number of nitrogens with zero attached hydrogens (tertiary/aromatic N) is 1. The summed E-state index contributed by atoms with van der Waals surface area (Å²) in [5.41, 5.74) is 0. The van der Waals surface area contributed by atoms with Gasteiger partial charge in [0, 0.05) is 0 Å². The molecule has 0 saturated carbocycles. The normalized spacial score (nSPS) is 11.5. The van der Waals surface area contributed by atoms with Gasteiger partial charge in [0.25, 0.3) is 0 Å². The number of hydrogen-bond donors (Lipinski definition) is 0. The predicted octanol–water partition coefficient (Wildman–Crippen LogP) is 1.40. The fourth-order valence-corrected chi connectivity index (χ4v) is 2.35. The highest BCUT2D eigenvalue weighted by molar-refractivity contribution is 7.95. The maximum Gasteiger partial charge on any atom is 0.344 e. The van der Waals surface area contributed by atoms with Crippen molar-refractivity contribution in [3.05, 3.63) is 41.5 Å². The Balaban J connectivity index is 2.86. The summed E-state index contributed by atoms with van der Waals surface area (Å²) in [5, 5.41) is 8.90. The van der Waals surface area contributed by atoms with Crippen LogP contribution in [0.4, 0.5) is 0 Å². The van der Waals surface area contributed by atoms with E-state index in [9.17, 15) is 13.2 Å². The van der Waals surface area contributed by atoms with Gasteiger partial charge in [-0.15, -0.1) is 0 Å². The number of benzene rings is 1. The van der Waals surface area contributed by atoms with E-state index in [1.54, 1.807) is 31.2 Å². The van der Waals surface area contributed by atoms with E-state index >= 15 is 0 Å². The smallest absolute Gasteiger partial charge is 0.344 e. The average molecular weight is 295 g/mol. The number of rotatable bonds is 6. The molecule has 0 saturated heterocycles. The van der Waals surface area contributed by atoms with Gasteiger partial charge in [-0.2, -0.15) is 5.26 Å². The third-order valence-electron chi connectivity index (χ3n) is 2.15. The van der Waals surface area contributed by atoms with E-state index in [1.165, 1.54) is 12.1 Å². The molecule has 7 heteroatoms. The van der Waals surface area contributed by atoms with Crippen molar-refractivity contribution in [1.29, 1.82) is 5.26 Å². The Kier molecular flexibility index (Phi) is 5.74. The Hall–Kier alpha value is -2.33. The van der Waals surface area contributed by atoms with Crippen LogP contribution in [0, 0.1) is 11.3 Å².